The van der Waals surface area contributed by atoms with E-state index in [2.05, 4.69) is 0 Å². The van der Waals surface area contributed by atoms with Gasteiger partial charge in [0.2, 0.25) is 0 Å². The highest BCUT2D eigenvalue weighted by molar-refractivity contribution is 5.52. The Bertz CT molecular complexity index is 605. The van der Waals surface area contributed by atoms with Gasteiger partial charge in [0.15, 0.2) is 11.6 Å². The highest BCUT2D eigenvalue weighted by Crippen LogP contribution is 2.27. The molecule has 2 rings (SSSR count). The molecule has 3 nitrogen and oxygen atoms in total. The topological polar surface area (TPSA) is 59.0 Å². The fourth-order valence-corrected chi connectivity index (χ4v) is 1.54. The molecular weight excluding hydrogens is 231 g/mol. The summed E-state index contributed by atoms with van der Waals surface area (Å²) in [6.07, 6.45) is 0.195. The smallest absolute Gasteiger partial charge is 0.165 e. The minimum absolute atomic E-state index is 0.144. The van der Waals surface area contributed by atoms with Crippen LogP contribution in [0.3, 0.4) is 0 Å². The maximum Gasteiger partial charge on any atom is 0.165 e. The van der Waals surface area contributed by atoms with Crippen LogP contribution in [0.4, 0.5) is 10.1 Å². The summed E-state index contributed by atoms with van der Waals surface area (Å²) in [5, 5.41) is 8.66. The van der Waals surface area contributed by atoms with Crippen molar-refractivity contribution in [2.45, 2.75) is 6.42 Å². The van der Waals surface area contributed by atoms with Gasteiger partial charge < -0.3 is 10.5 Å². The van der Waals surface area contributed by atoms with Gasteiger partial charge in [-0.15, -0.1) is 0 Å². The zero-order valence-electron chi connectivity index (χ0n) is 9.56. The number of ether oxygens (including phenoxy) is 1. The van der Waals surface area contributed by atoms with Crippen molar-refractivity contribution >= 4 is 5.69 Å². The average molecular weight is 242 g/mol. The van der Waals surface area contributed by atoms with E-state index in [1.165, 1.54) is 12.1 Å². The van der Waals surface area contributed by atoms with Crippen molar-refractivity contribution in [2.75, 3.05) is 5.73 Å². The summed E-state index contributed by atoms with van der Waals surface area (Å²) in [6, 6.07) is 13.1. The van der Waals surface area contributed by atoms with Gasteiger partial charge in [-0.1, -0.05) is 12.1 Å². The second kappa shape index (κ2) is 5.19. The maximum absolute atomic E-state index is 13.4. The Labute approximate surface area is 104 Å². The van der Waals surface area contributed by atoms with E-state index < -0.39 is 5.82 Å². The highest BCUT2D eigenvalue weighted by atomic mass is 19.1. The van der Waals surface area contributed by atoms with Gasteiger partial charge in [0.1, 0.15) is 5.75 Å². The van der Waals surface area contributed by atoms with Gasteiger partial charge in [-0.25, -0.2) is 4.39 Å². The number of hydrogen-bond acceptors (Lipinski definition) is 3. The molecule has 0 saturated heterocycles. The minimum atomic E-state index is -0.434. The largest absolute Gasteiger partial charge is 0.454 e. The van der Waals surface area contributed by atoms with Crippen LogP contribution in [0.2, 0.25) is 0 Å². The SMILES string of the molecule is N#CCc1cc(Oc2ccccc2F)ccc1N. The third kappa shape index (κ3) is 2.58. The van der Waals surface area contributed by atoms with Gasteiger partial charge >= 0.3 is 0 Å². The van der Waals surface area contributed by atoms with Gasteiger partial charge in [0, 0.05) is 5.69 Å². The van der Waals surface area contributed by atoms with E-state index in [0.717, 1.165) is 0 Å². The second-order valence-corrected chi connectivity index (χ2v) is 3.73. The number of nitrogen functional groups attached to an aromatic ring is 1. The molecule has 0 bridgehead atoms. The standard InChI is InChI=1S/C14H11FN2O/c15-12-3-1-2-4-14(12)18-11-5-6-13(17)10(9-11)7-8-16/h1-6,9H,7,17H2. The van der Waals surface area contributed by atoms with Crippen molar-refractivity contribution in [3.05, 3.63) is 53.8 Å². The fourth-order valence-electron chi connectivity index (χ4n) is 1.54. The molecule has 0 amide bonds. The zero-order valence-corrected chi connectivity index (χ0v) is 9.56. The van der Waals surface area contributed by atoms with Crippen molar-refractivity contribution in [2.24, 2.45) is 0 Å². The van der Waals surface area contributed by atoms with E-state index >= 15 is 0 Å². The first-order valence-electron chi connectivity index (χ1n) is 5.38. The Balaban J connectivity index is 2.28. The number of rotatable bonds is 3. The molecule has 0 fully saturated rings. The van der Waals surface area contributed by atoms with E-state index in [1.807, 2.05) is 6.07 Å². The molecule has 0 atom stereocenters. The Morgan fingerprint density at radius 3 is 2.72 bits per heavy atom. The van der Waals surface area contributed by atoms with Crippen molar-refractivity contribution < 1.29 is 9.13 Å². The van der Waals surface area contributed by atoms with Crippen molar-refractivity contribution in [3.8, 4) is 17.6 Å². The number of para-hydroxylation sites is 1. The lowest BCUT2D eigenvalue weighted by Gasteiger charge is -2.09. The molecule has 0 aliphatic heterocycles. The van der Waals surface area contributed by atoms with Gasteiger partial charge in [0.25, 0.3) is 0 Å². The van der Waals surface area contributed by atoms with E-state index in [9.17, 15) is 4.39 Å². The number of benzene rings is 2. The molecule has 0 saturated carbocycles. The molecule has 0 radical (unpaired) electrons. The van der Waals surface area contributed by atoms with Gasteiger partial charge in [-0.3, -0.25) is 0 Å². The Hall–Kier alpha value is -2.54. The van der Waals surface area contributed by atoms with Crippen LogP contribution in [0.25, 0.3) is 0 Å². The number of hydrogen-bond donors (Lipinski definition) is 1. The van der Waals surface area contributed by atoms with Gasteiger partial charge in [0.05, 0.1) is 12.5 Å². The summed E-state index contributed by atoms with van der Waals surface area (Å²) < 4.78 is 18.8. The van der Waals surface area contributed by atoms with E-state index in [0.29, 0.717) is 17.0 Å². The monoisotopic (exact) mass is 242 g/mol. The van der Waals surface area contributed by atoms with Crippen molar-refractivity contribution in [1.82, 2.24) is 0 Å². The summed E-state index contributed by atoms with van der Waals surface area (Å²) in [6.45, 7) is 0. The Morgan fingerprint density at radius 1 is 1.22 bits per heavy atom. The number of nitrogens with two attached hydrogens (primary N) is 1. The molecule has 4 heteroatoms. The average Bonchev–Trinajstić information content (AvgIpc) is 2.36. The first-order chi connectivity index (χ1) is 8.70. The minimum Gasteiger partial charge on any atom is -0.454 e. The summed E-state index contributed by atoms with van der Waals surface area (Å²) in [7, 11) is 0. The van der Waals surface area contributed by atoms with Crippen LogP contribution in [0, 0.1) is 17.1 Å². The third-order valence-corrected chi connectivity index (χ3v) is 2.45. The molecule has 2 aromatic rings. The van der Waals surface area contributed by atoms with Crippen molar-refractivity contribution in [3.63, 3.8) is 0 Å². The molecule has 0 aliphatic rings. The molecule has 0 aromatic heterocycles. The number of halogens is 1. The normalized spacial score (nSPS) is 9.78. The van der Waals surface area contributed by atoms with Gasteiger partial charge in [-0.2, -0.15) is 5.26 Å². The van der Waals surface area contributed by atoms with E-state index in [-0.39, 0.29) is 12.2 Å². The molecule has 0 heterocycles. The molecule has 0 unspecified atom stereocenters. The Kier molecular flexibility index (Phi) is 3.44. The maximum atomic E-state index is 13.4. The number of anilines is 1. The molecule has 0 aliphatic carbocycles. The predicted octanol–water partition coefficient (Wildman–Crippen LogP) is 3.27. The van der Waals surface area contributed by atoms with Gasteiger partial charge in [-0.05, 0) is 35.9 Å². The number of nitrogens with zero attached hydrogens (tertiary/aromatic N) is 1. The molecule has 18 heavy (non-hydrogen) atoms. The van der Waals surface area contributed by atoms with Crippen LogP contribution in [0.1, 0.15) is 5.56 Å². The summed E-state index contributed by atoms with van der Waals surface area (Å²) in [5.74, 6) is 0.167. The van der Waals surface area contributed by atoms with Crippen molar-refractivity contribution in [1.29, 1.82) is 5.26 Å². The Morgan fingerprint density at radius 2 is 2.00 bits per heavy atom. The first kappa shape index (κ1) is 11.9. The molecule has 2 aromatic carbocycles. The zero-order chi connectivity index (χ0) is 13.0. The highest BCUT2D eigenvalue weighted by Gasteiger charge is 2.06. The lowest BCUT2D eigenvalue weighted by Crippen LogP contribution is -1.95. The summed E-state index contributed by atoms with van der Waals surface area (Å²) in [5.41, 5.74) is 6.92. The predicted molar refractivity (Wildman–Crippen MR) is 66.6 cm³/mol. The third-order valence-electron chi connectivity index (χ3n) is 2.45. The molecule has 90 valence electrons. The fraction of sp³-hybridized carbons (Fsp3) is 0.0714. The van der Waals surface area contributed by atoms with E-state index in [4.69, 9.17) is 15.7 Å². The van der Waals surface area contributed by atoms with Crippen LogP contribution >= 0.6 is 0 Å². The summed E-state index contributed by atoms with van der Waals surface area (Å²) in [4.78, 5) is 0. The van der Waals surface area contributed by atoms with Crippen LogP contribution < -0.4 is 10.5 Å². The lowest BCUT2D eigenvalue weighted by atomic mass is 10.1. The quantitative estimate of drug-likeness (QED) is 0.840. The molecule has 2 N–H and O–H groups in total. The first-order valence-corrected chi connectivity index (χ1v) is 5.38. The van der Waals surface area contributed by atoms with Crippen LogP contribution in [0.5, 0.6) is 11.5 Å². The van der Waals surface area contributed by atoms with E-state index in [1.54, 1.807) is 30.3 Å². The molecular formula is C14H11FN2O. The summed E-state index contributed by atoms with van der Waals surface area (Å²) >= 11 is 0. The second-order valence-electron chi connectivity index (χ2n) is 3.73. The number of nitriles is 1. The molecule has 0 spiro atoms. The van der Waals surface area contributed by atoms with Crippen LogP contribution in [-0.4, -0.2) is 0 Å². The van der Waals surface area contributed by atoms with Crippen LogP contribution in [-0.2, 0) is 6.42 Å². The lowest BCUT2D eigenvalue weighted by molar-refractivity contribution is 0.442. The van der Waals surface area contributed by atoms with Crippen LogP contribution in [0.15, 0.2) is 42.5 Å².